The Morgan fingerprint density at radius 3 is 1.87 bits per heavy atom. The van der Waals surface area contributed by atoms with Crippen LogP contribution in [0.25, 0.3) is 0 Å². The summed E-state index contributed by atoms with van der Waals surface area (Å²) >= 11 is 0. The Morgan fingerprint density at radius 1 is 0.716 bits per heavy atom. The molecule has 1 saturated heterocycles. The Morgan fingerprint density at radius 2 is 1.30 bits per heavy atom. The molecule has 0 radical (unpaired) electrons. The predicted molar refractivity (Wildman–Crippen MR) is 251 cm³/mol. The summed E-state index contributed by atoms with van der Waals surface area (Å²) in [6, 6.07) is 4.40. The van der Waals surface area contributed by atoms with Gasteiger partial charge in [-0.1, -0.05) is 114 Å². The summed E-state index contributed by atoms with van der Waals surface area (Å²) in [7, 11) is 0. The molecule has 0 aromatic heterocycles. The maximum Gasteiger partial charge on any atom is 0.249 e. The van der Waals surface area contributed by atoms with Crippen LogP contribution in [-0.2, 0) is 54.4 Å². The van der Waals surface area contributed by atoms with E-state index in [1.165, 1.54) is 85.0 Å². The third-order valence-electron chi connectivity index (χ3n) is 11.7. The Balaban J connectivity index is 1.75. The van der Waals surface area contributed by atoms with Gasteiger partial charge in [0.15, 0.2) is 6.29 Å². The van der Waals surface area contributed by atoms with Crippen molar-refractivity contribution in [3.8, 4) is 0 Å². The average Bonchev–Trinajstić information content (AvgIpc) is 3.29. The smallest absolute Gasteiger partial charge is 0.249 e. The zero-order valence-electron chi connectivity index (χ0n) is 40.3. The zero-order chi connectivity index (χ0) is 49.6. The standard InChI is InChI=1S/C48H81N7O12/c1-5-6-7-8-9-10-11-12-13-14-15-16-20-26-39(58)51-29-22-21-25-36(44(49)61)54-40(59)28-27-37(45(50)62)55-46(63)32(2)52-47(64)33(3)66-43-41(53-34(4)57)48(67-38(30-56)42(43)60)65-31-35-23-18-17-19-24-35/h17-19,23-24,32-33,36-38,41-43,48,56,60H,5-16,20-22,25-31H2,1-4H3,(H2,49,61)(H2,50,62)(H,51,58)(H,52,64)(H,53,57)(H,54,59)(H,55,63)/t32-,33+,36-,37+,38+,41+,42+,43+,48-/m0/s1. The van der Waals surface area contributed by atoms with Gasteiger partial charge in [0.05, 0.1) is 13.2 Å². The number of primary amides is 2. The Bertz CT molecular complexity index is 1640. The molecule has 380 valence electrons. The largest absolute Gasteiger partial charge is 0.394 e. The summed E-state index contributed by atoms with van der Waals surface area (Å²) in [5.41, 5.74) is 11.9. The highest BCUT2D eigenvalue weighted by atomic mass is 16.7. The number of aliphatic hydroxyl groups is 2. The van der Waals surface area contributed by atoms with Gasteiger partial charge in [-0.25, -0.2) is 0 Å². The number of carbonyl (C=O) groups excluding carboxylic acids is 7. The van der Waals surface area contributed by atoms with Crippen molar-refractivity contribution in [2.24, 2.45) is 11.5 Å². The van der Waals surface area contributed by atoms with Crippen molar-refractivity contribution in [3.63, 3.8) is 0 Å². The average molecular weight is 948 g/mol. The van der Waals surface area contributed by atoms with Gasteiger partial charge in [-0.3, -0.25) is 33.6 Å². The summed E-state index contributed by atoms with van der Waals surface area (Å²) < 4.78 is 17.6. The highest BCUT2D eigenvalue weighted by molar-refractivity contribution is 5.92. The summed E-state index contributed by atoms with van der Waals surface area (Å²) in [4.78, 5) is 88.1. The van der Waals surface area contributed by atoms with Crippen molar-refractivity contribution < 1.29 is 58.0 Å². The van der Waals surface area contributed by atoms with Gasteiger partial charge < -0.3 is 62.5 Å². The van der Waals surface area contributed by atoms with Crippen molar-refractivity contribution in [1.82, 2.24) is 26.6 Å². The first-order valence-electron chi connectivity index (χ1n) is 24.4. The minimum Gasteiger partial charge on any atom is -0.394 e. The van der Waals surface area contributed by atoms with Crippen LogP contribution < -0.4 is 38.1 Å². The normalized spacial score (nSPS) is 19.8. The number of nitrogens with one attached hydrogen (secondary N) is 5. The molecule has 0 unspecified atom stereocenters. The van der Waals surface area contributed by atoms with Crippen LogP contribution in [0.2, 0.25) is 0 Å². The number of aliphatic hydroxyl groups excluding tert-OH is 2. The molecule has 1 aromatic carbocycles. The Kier molecular flexibility index (Phi) is 29.4. The van der Waals surface area contributed by atoms with Crippen molar-refractivity contribution in [2.75, 3.05) is 13.2 Å². The molecule has 0 aliphatic carbocycles. The second-order valence-corrected chi connectivity index (χ2v) is 17.6. The van der Waals surface area contributed by atoms with E-state index < -0.39 is 96.9 Å². The topological polar surface area (TPSA) is 300 Å². The quantitative estimate of drug-likeness (QED) is 0.0439. The molecule has 67 heavy (non-hydrogen) atoms. The molecular formula is C48H81N7O12. The van der Waals surface area contributed by atoms with E-state index >= 15 is 0 Å². The van der Waals surface area contributed by atoms with Gasteiger partial charge in [0.1, 0.15) is 48.6 Å². The second kappa shape index (κ2) is 33.7. The first-order valence-corrected chi connectivity index (χ1v) is 24.4. The molecule has 1 fully saturated rings. The van der Waals surface area contributed by atoms with Crippen molar-refractivity contribution in [1.29, 1.82) is 0 Å². The molecule has 1 aromatic rings. The lowest BCUT2D eigenvalue weighted by Crippen LogP contribution is -2.66. The summed E-state index contributed by atoms with van der Waals surface area (Å²) in [5.74, 6) is -4.43. The maximum atomic E-state index is 13.3. The molecule has 2 rings (SSSR count). The van der Waals surface area contributed by atoms with Crippen LogP contribution in [0.1, 0.15) is 155 Å². The van der Waals surface area contributed by atoms with Crippen LogP contribution in [0.4, 0.5) is 0 Å². The van der Waals surface area contributed by atoms with Gasteiger partial charge in [0, 0.05) is 26.3 Å². The zero-order valence-corrected chi connectivity index (χ0v) is 40.3. The van der Waals surface area contributed by atoms with Crippen molar-refractivity contribution in [3.05, 3.63) is 35.9 Å². The van der Waals surface area contributed by atoms with E-state index in [-0.39, 0.29) is 31.8 Å². The van der Waals surface area contributed by atoms with Crippen LogP contribution in [0.3, 0.4) is 0 Å². The molecular weight excluding hydrogens is 867 g/mol. The third-order valence-corrected chi connectivity index (χ3v) is 11.7. The predicted octanol–water partition coefficient (Wildman–Crippen LogP) is 2.55. The van der Waals surface area contributed by atoms with Gasteiger partial charge in [-0.2, -0.15) is 0 Å². The number of carbonyl (C=O) groups is 7. The van der Waals surface area contributed by atoms with E-state index in [0.29, 0.717) is 25.8 Å². The first kappa shape index (κ1) is 58.4. The molecule has 0 spiro atoms. The number of hydrogen-bond donors (Lipinski definition) is 9. The van der Waals surface area contributed by atoms with Crippen LogP contribution in [0.5, 0.6) is 0 Å². The van der Waals surface area contributed by atoms with Gasteiger partial charge in [-0.15, -0.1) is 0 Å². The number of ether oxygens (including phenoxy) is 3. The van der Waals surface area contributed by atoms with Crippen molar-refractivity contribution in [2.45, 2.75) is 211 Å². The SMILES string of the molecule is CCCCCCCCCCCCCCCC(=O)NCCCC[C@H](NC(=O)CC[C@@H](NC(=O)[C@H](C)NC(=O)[C@@H](C)O[C@H]1[C@H](O)[C@@H](CO)O[C@H](OCc2ccccc2)[C@@H]1NC(C)=O)C(N)=O)C(N)=O. The molecule has 19 nitrogen and oxygen atoms in total. The molecule has 11 N–H and O–H groups in total. The van der Waals surface area contributed by atoms with Crippen LogP contribution >= 0.6 is 0 Å². The minimum absolute atomic E-state index is 0.0134. The lowest BCUT2D eigenvalue weighted by molar-refractivity contribution is -0.283. The highest BCUT2D eigenvalue weighted by Gasteiger charge is 2.48. The molecule has 9 atom stereocenters. The van der Waals surface area contributed by atoms with Crippen molar-refractivity contribution >= 4 is 41.4 Å². The number of unbranched alkanes of at least 4 members (excludes halogenated alkanes) is 13. The maximum absolute atomic E-state index is 13.3. The van der Waals surface area contributed by atoms with Crippen LogP contribution in [0.15, 0.2) is 30.3 Å². The summed E-state index contributed by atoms with van der Waals surface area (Å²) in [6.07, 6.45) is 10.8. The molecule has 1 aliphatic heterocycles. The number of hydrogen-bond acceptors (Lipinski definition) is 12. The Hall–Kier alpha value is -4.69. The van der Waals surface area contributed by atoms with E-state index in [1.807, 2.05) is 30.3 Å². The monoisotopic (exact) mass is 948 g/mol. The molecule has 1 aliphatic rings. The van der Waals surface area contributed by atoms with E-state index in [4.69, 9.17) is 25.7 Å². The Labute approximate surface area is 396 Å². The summed E-state index contributed by atoms with van der Waals surface area (Å²) in [5, 5.41) is 34.0. The molecule has 19 heteroatoms. The van der Waals surface area contributed by atoms with Gasteiger partial charge in [0.2, 0.25) is 41.4 Å². The van der Waals surface area contributed by atoms with E-state index in [1.54, 1.807) is 0 Å². The molecule has 0 saturated carbocycles. The first-order chi connectivity index (χ1) is 32.1. The minimum atomic E-state index is -1.51. The van der Waals surface area contributed by atoms with Gasteiger partial charge in [-0.05, 0) is 51.5 Å². The molecule has 0 bridgehead atoms. The lowest BCUT2D eigenvalue weighted by atomic mass is 9.96. The summed E-state index contributed by atoms with van der Waals surface area (Å²) in [6.45, 7) is 6.02. The third kappa shape index (κ3) is 24.2. The second-order valence-electron chi connectivity index (χ2n) is 17.6. The number of nitrogens with two attached hydrogens (primary N) is 2. The fourth-order valence-corrected chi connectivity index (χ4v) is 7.71. The van der Waals surface area contributed by atoms with Crippen LogP contribution in [0, 0.1) is 0 Å². The van der Waals surface area contributed by atoms with E-state index in [9.17, 15) is 43.8 Å². The number of rotatable bonds is 36. The van der Waals surface area contributed by atoms with Crippen LogP contribution in [-0.4, -0.2) is 120 Å². The molecule has 7 amide bonds. The lowest BCUT2D eigenvalue weighted by Gasteiger charge is -2.44. The highest BCUT2D eigenvalue weighted by Crippen LogP contribution is 2.27. The van der Waals surface area contributed by atoms with Gasteiger partial charge >= 0.3 is 0 Å². The van der Waals surface area contributed by atoms with Gasteiger partial charge in [0.25, 0.3) is 0 Å². The van der Waals surface area contributed by atoms with E-state index in [2.05, 4.69) is 33.5 Å². The fourth-order valence-electron chi connectivity index (χ4n) is 7.71. The van der Waals surface area contributed by atoms with E-state index in [0.717, 1.165) is 24.8 Å². The number of benzene rings is 1. The number of amides is 7. The molecule has 1 heterocycles. The fraction of sp³-hybridized carbons (Fsp3) is 0.729.